The van der Waals surface area contributed by atoms with Crippen LogP contribution in [0.3, 0.4) is 0 Å². The molecule has 1 aliphatic rings. The smallest absolute Gasteiger partial charge is 0.234 e. The van der Waals surface area contributed by atoms with Gasteiger partial charge in [-0.3, -0.25) is 9.78 Å². The van der Waals surface area contributed by atoms with Gasteiger partial charge >= 0.3 is 0 Å². The topological polar surface area (TPSA) is 97.2 Å². The average Bonchev–Trinajstić information content (AvgIpc) is 2.87. The highest BCUT2D eigenvalue weighted by Gasteiger charge is 2.28. The third-order valence-corrected chi connectivity index (χ3v) is 6.83. The predicted octanol–water partition coefficient (Wildman–Crippen LogP) is 5.21. The number of ether oxygens (including phenoxy) is 1. The molecule has 2 aromatic carbocycles. The number of benzene rings is 2. The Morgan fingerprint density at radius 2 is 1.97 bits per heavy atom. The molecule has 1 aliphatic heterocycles. The van der Waals surface area contributed by atoms with Crippen LogP contribution in [0.25, 0.3) is 11.4 Å². The summed E-state index contributed by atoms with van der Waals surface area (Å²) in [6.07, 6.45) is 2.02. The first kappa shape index (κ1) is 23.9. The Morgan fingerprint density at radius 3 is 2.75 bits per heavy atom. The summed E-state index contributed by atoms with van der Waals surface area (Å²) in [5.41, 5.74) is 4.77. The molecule has 0 spiro atoms. The second-order valence-electron chi connectivity index (χ2n) is 8.44. The Labute approximate surface area is 211 Å². The second kappa shape index (κ2) is 10.0. The molecule has 9 heteroatoms. The second-order valence-corrected chi connectivity index (χ2v) is 9.40. The van der Waals surface area contributed by atoms with Gasteiger partial charge in [0.25, 0.3) is 0 Å². The van der Waals surface area contributed by atoms with Gasteiger partial charge in [0, 0.05) is 29.4 Å². The van der Waals surface area contributed by atoms with Gasteiger partial charge in [-0.05, 0) is 43.7 Å². The summed E-state index contributed by atoms with van der Waals surface area (Å²) in [6, 6.07) is 13.8. The summed E-state index contributed by atoms with van der Waals surface area (Å²) in [7, 11) is 0. The molecule has 0 aliphatic carbocycles. The van der Waals surface area contributed by atoms with Gasteiger partial charge in [0.2, 0.25) is 11.8 Å². The van der Waals surface area contributed by atoms with Crippen LogP contribution in [0.2, 0.25) is 0 Å². The number of thioether (sulfide) groups is 1. The van der Waals surface area contributed by atoms with Crippen molar-refractivity contribution < 1.29 is 19.0 Å². The molecule has 36 heavy (non-hydrogen) atoms. The quantitative estimate of drug-likeness (QED) is 0.243. The highest BCUT2D eigenvalue weighted by Crippen LogP contribution is 2.42. The summed E-state index contributed by atoms with van der Waals surface area (Å²) in [6.45, 7) is 3.58. The van der Waals surface area contributed by atoms with Gasteiger partial charge in [0.15, 0.2) is 11.6 Å². The minimum Gasteiger partial charge on any atom is -0.436 e. The van der Waals surface area contributed by atoms with Crippen molar-refractivity contribution in [1.82, 2.24) is 15.0 Å². The molecule has 0 saturated heterocycles. The zero-order chi connectivity index (χ0) is 25.2. The molecule has 1 amide bonds. The zero-order valence-corrected chi connectivity index (χ0v) is 20.5. The van der Waals surface area contributed by atoms with E-state index in [0.29, 0.717) is 39.7 Å². The van der Waals surface area contributed by atoms with Crippen molar-refractivity contribution in [2.45, 2.75) is 31.9 Å². The van der Waals surface area contributed by atoms with Crippen LogP contribution in [-0.2, 0) is 17.8 Å². The van der Waals surface area contributed by atoms with Crippen LogP contribution >= 0.6 is 11.8 Å². The van der Waals surface area contributed by atoms with Crippen molar-refractivity contribution in [3.63, 3.8) is 0 Å². The van der Waals surface area contributed by atoms with Crippen molar-refractivity contribution in [2.24, 2.45) is 0 Å². The molecule has 182 valence electrons. The van der Waals surface area contributed by atoms with Gasteiger partial charge in [-0.2, -0.15) is 4.98 Å². The maximum absolute atomic E-state index is 14.6. The molecule has 4 aromatic rings. The molecule has 0 radical (unpaired) electrons. The number of hydrogen-bond donors (Lipinski definition) is 2. The van der Waals surface area contributed by atoms with E-state index in [1.54, 1.807) is 24.4 Å². The average molecular weight is 503 g/mol. The van der Waals surface area contributed by atoms with Crippen LogP contribution < -0.4 is 10.1 Å². The van der Waals surface area contributed by atoms with Gasteiger partial charge in [-0.25, -0.2) is 9.37 Å². The number of halogens is 1. The molecule has 7 nitrogen and oxygen atoms in total. The Balaban J connectivity index is 1.50. The number of aliphatic hydroxyl groups is 1. The molecule has 0 unspecified atom stereocenters. The molecular weight excluding hydrogens is 479 g/mol. The largest absolute Gasteiger partial charge is 0.436 e. The number of anilines is 1. The summed E-state index contributed by atoms with van der Waals surface area (Å²) < 4.78 is 20.7. The third kappa shape index (κ3) is 4.80. The molecule has 2 aromatic heterocycles. The van der Waals surface area contributed by atoms with E-state index in [2.05, 4.69) is 20.3 Å². The van der Waals surface area contributed by atoms with Crippen LogP contribution in [0.5, 0.6) is 11.6 Å². The number of hydrogen-bond acceptors (Lipinski definition) is 7. The van der Waals surface area contributed by atoms with Gasteiger partial charge in [0.05, 0.1) is 29.2 Å². The van der Waals surface area contributed by atoms with E-state index in [4.69, 9.17) is 4.74 Å². The number of fused-ring (bicyclic) bond motifs is 2. The fraction of sp³-hybridized carbons (Fsp3) is 0.185. The van der Waals surface area contributed by atoms with E-state index < -0.39 is 5.82 Å². The number of nitrogens with zero attached hydrogens (tertiary/aromatic N) is 3. The Hall–Kier alpha value is -3.82. The summed E-state index contributed by atoms with van der Waals surface area (Å²) in [5, 5.41) is 13.2. The summed E-state index contributed by atoms with van der Waals surface area (Å²) >= 11 is 1.23. The standard InChI is InChI=1S/C27H23FN4O3S/c1-15-6-5-7-18(10-15)30-23(34)14-36-27-21-11-20-17(13-33)12-29-16(2)24(20)35-26(21)31-25(32-27)19-8-3-4-9-22(19)28/h3-10,12,33H,11,13-14H2,1-2H3,(H,30,34). The van der Waals surface area contributed by atoms with Gasteiger partial charge in [0.1, 0.15) is 10.8 Å². The number of aromatic nitrogens is 3. The SMILES string of the molecule is Cc1cccc(NC(=O)CSc2nc(-c3ccccc3F)nc3c2Cc2c(CO)cnc(C)c2O3)c1. The molecule has 3 heterocycles. The van der Waals surface area contributed by atoms with E-state index in [9.17, 15) is 14.3 Å². The summed E-state index contributed by atoms with van der Waals surface area (Å²) in [5.74, 6) is 0.419. The molecule has 0 bridgehead atoms. The lowest BCUT2D eigenvalue weighted by molar-refractivity contribution is -0.113. The van der Waals surface area contributed by atoms with Crippen LogP contribution in [0.15, 0.2) is 59.8 Å². The fourth-order valence-corrected chi connectivity index (χ4v) is 4.85. The monoisotopic (exact) mass is 502 g/mol. The minimum absolute atomic E-state index is 0.0865. The highest BCUT2D eigenvalue weighted by molar-refractivity contribution is 8.00. The lowest BCUT2D eigenvalue weighted by Gasteiger charge is -2.24. The number of amides is 1. The van der Waals surface area contributed by atoms with E-state index in [-0.39, 0.29) is 35.5 Å². The molecule has 0 fully saturated rings. The summed E-state index contributed by atoms with van der Waals surface area (Å²) in [4.78, 5) is 26.2. The Morgan fingerprint density at radius 1 is 1.14 bits per heavy atom. The van der Waals surface area contributed by atoms with E-state index in [0.717, 1.165) is 11.1 Å². The molecule has 0 atom stereocenters. The van der Waals surface area contributed by atoms with Crippen molar-refractivity contribution in [3.8, 4) is 23.0 Å². The van der Waals surface area contributed by atoms with Crippen molar-refractivity contribution in [3.05, 3.63) is 88.5 Å². The lowest BCUT2D eigenvalue weighted by Crippen LogP contribution is -2.16. The van der Waals surface area contributed by atoms with Gasteiger partial charge in [-0.1, -0.05) is 36.0 Å². The third-order valence-electron chi connectivity index (χ3n) is 5.81. The number of carbonyl (C=O) groups excluding carboxylic acids is 1. The van der Waals surface area contributed by atoms with Gasteiger partial charge in [-0.15, -0.1) is 0 Å². The normalized spacial score (nSPS) is 11.9. The number of rotatable bonds is 6. The fourth-order valence-electron chi connectivity index (χ4n) is 4.03. The first-order valence-electron chi connectivity index (χ1n) is 11.3. The Bertz CT molecular complexity index is 1480. The number of pyridine rings is 1. The van der Waals surface area contributed by atoms with Crippen LogP contribution in [-0.4, -0.2) is 31.7 Å². The molecule has 5 rings (SSSR count). The van der Waals surface area contributed by atoms with Crippen LogP contribution in [0.4, 0.5) is 10.1 Å². The van der Waals surface area contributed by atoms with Crippen LogP contribution in [0.1, 0.15) is 27.9 Å². The number of aryl methyl sites for hydroxylation is 2. The maximum Gasteiger partial charge on any atom is 0.234 e. The van der Waals surface area contributed by atoms with Crippen LogP contribution in [0, 0.1) is 19.7 Å². The van der Waals surface area contributed by atoms with E-state index in [1.807, 2.05) is 38.1 Å². The number of nitrogens with one attached hydrogen (secondary N) is 1. The zero-order valence-electron chi connectivity index (χ0n) is 19.7. The first-order chi connectivity index (χ1) is 17.4. The highest BCUT2D eigenvalue weighted by atomic mass is 32.2. The van der Waals surface area contributed by atoms with Crippen molar-refractivity contribution in [2.75, 3.05) is 11.1 Å². The first-order valence-corrected chi connectivity index (χ1v) is 12.3. The molecular formula is C27H23FN4O3S. The van der Waals surface area contributed by atoms with Crippen molar-refractivity contribution in [1.29, 1.82) is 0 Å². The van der Waals surface area contributed by atoms with Crippen molar-refractivity contribution >= 4 is 23.4 Å². The molecule has 2 N–H and O–H groups in total. The van der Waals surface area contributed by atoms with E-state index >= 15 is 0 Å². The Kier molecular flexibility index (Phi) is 6.67. The lowest BCUT2D eigenvalue weighted by atomic mass is 9.99. The van der Waals surface area contributed by atoms with E-state index in [1.165, 1.54) is 17.8 Å². The minimum atomic E-state index is -0.456. The predicted molar refractivity (Wildman–Crippen MR) is 136 cm³/mol. The number of carbonyl (C=O) groups is 1. The molecule has 0 saturated carbocycles. The van der Waals surface area contributed by atoms with Gasteiger partial charge < -0.3 is 15.2 Å². The number of aliphatic hydroxyl groups excluding tert-OH is 1. The maximum atomic E-state index is 14.6.